The van der Waals surface area contributed by atoms with E-state index in [0.29, 0.717) is 0 Å². The van der Waals surface area contributed by atoms with Crippen LogP contribution >= 0.6 is 0 Å². The first-order chi connectivity index (χ1) is 12.2. The Bertz CT molecular complexity index is 675. The number of carbonyl (C=O) groups excluding carboxylic acids is 2. The van der Waals surface area contributed by atoms with E-state index in [1.807, 2.05) is 13.8 Å². The maximum atomic E-state index is 12.7. The summed E-state index contributed by atoms with van der Waals surface area (Å²) in [5.74, 6) is -1.03. The third-order valence-electron chi connectivity index (χ3n) is 4.45. The largest absolute Gasteiger partial charge is 0.452 e. The number of esters is 1. The van der Waals surface area contributed by atoms with Crippen molar-refractivity contribution in [1.82, 2.24) is 4.90 Å². The number of likely N-dealkylation sites (tertiary alicyclic amines) is 1. The molecule has 0 radical (unpaired) electrons. The molecule has 1 heterocycles. The van der Waals surface area contributed by atoms with E-state index in [-0.39, 0.29) is 30.2 Å². The molecule has 1 aromatic carbocycles. The van der Waals surface area contributed by atoms with Gasteiger partial charge in [-0.1, -0.05) is 12.1 Å². The van der Waals surface area contributed by atoms with Crippen molar-refractivity contribution < 1.29 is 27.5 Å². The molecule has 1 aliphatic rings. The highest BCUT2D eigenvalue weighted by Crippen LogP contribution is 2.29. The summed E-state index contributed by atoms with van der Waals surface area (Å²) in [6, 6.07) is 4.80. The van der Waals surface area contributed by atoms with Crippen molar-refractivity contribution in [3.05, 3.63) is 41.5 Å². The van der Waals surface area contributed by atoms with Crippen molar-refractivity contribution in [3.63, 3.8) is 0 Å². The number of hydrogen-bond donors (Lipinski definition) is 0. The fourth-order valence-corrected chi connectivity index (χ4v) is 3.15. The van der Waals surface area contributed by atoms with Crippen LogP contribution in [0.25, 0.3) is 6.08 Å². The summed E-state index contributed by atoms with van der Waals surface area (Å²) in [5.41, 5.74) is -0.572. The summed E-state index contributed by atoms with van der Waals surface area (Å²) in [5, 5.41) is 0. The second-order valence-corrected chi connectivity index (χ2v) is 6.49. The van der Waals surface area contributed by atoms with Crippen molar-refractivity contribution in [3.8, 4) is 0 Å². The number of benzene rings is 1. The van der Waals surface area contributed by atoms with Gasteiger partial charge in [0.2, 0.25) is 0 Å². The zero-order chi connectivity index (χ0) is 19.3. The van der Waals surface area contributed by atoms with Gasteiger partial charge in [-0.2, -0.15) is 13.2 Å². The molecule has 4 nitrogen and oxygen atoms in total. The van der Waals surface area contributed by atoms with Crippen molar-refractivity contribution in [2.24, 2.45) is 0 Å². The van der Waals surface area contributed by atoms with Gasteiger partial charge in [0.1, 0.15) is 0 Å². The monoisotopic (exact) mass is 369 g/mol. The Morgan fingerprint density at radius 1 is 1.23 bits per heavy atom. The average molecular weight is 369 g/mol. The molecular weight excluding hydrogens is 347 g/mol. The number of piperidine rings is 1. The highest BCUT2D eigenvalue weighted by atomic mass is 19.4. The van der Waals surface area contributed by atoms with Crippen molar-refractivity contribution in [2.75, 3.05) is 6.61 Å². The first-order valence-corrected chi connectivity index (χ1v) is 8.51. The van der Waals surface area contributed by atoms with Gasteiger partial charge in [0.25, 0.3) is 5.91 Å². The minimum Gasteiger partial charge on any atom is -0.452 e. The zero-order valence-corrected chi connectivity index (χ0v) is 14.8. The van der Waals surface area contributed by atoms with Gasteiger partial charge >= 0.3 is 12.1 Å². The van der Waals surface area contributed by atoms with E-state index in [4.69, 9.17) is 4.74 Å². The van der Waals surface area contributed by atoms with Crippen LogP contribution in [0.15, 0.2) is 30.3 Å². The predicted molar refractivity (Wildman–Crippen MR) is 91.1 cm³/mol. The summed E-state index contributed by atoms with van der Waals surface area (Å²) >= 11 is 0. The van der Waals surface area contributed by atoms with Crippen molar-refractivity contribution in [2.45, 2.75) is 51.4 Å². The summed E-state index contributed by atoms with van der Waals surface area (Å²) < 4.78 is 42.9. The smallest absolute Gasteiger partial charge is 0.416 e. The second kappa shape index (κ2) is 8.38. The van der Waals surface area contributed by atoms with Crippen LogP contribution < -0.4 is 0 Å². The van der Waals surface area contributed by atoms with Gasteiger partial charge in [0.15, 0.2) is 6.61 Å². The van der Waals surface area contributed by atoms with Crippen LogP contribution in [0.1, 0.15) is 44.2 Å². The Hall–Kier alpha value is -2.31. The van der Waals surface area contributed by atoms with Gasteiger partial charge in [-0.15, -0.1) is 0 Å². The van der Waals surface area contributed by atoms with Crippen LogP contribution in [-0.4, -0.2) is 35.5 Å². The van der Waals surface area contributed by atoms with Crippen molar-refractivity contribution in [1.29, 1.82) is 0 Å². The lowest BCUT2D eigenvalue weighted by Gasteiger charge is -2.38. The lowest BCUT2D eigenvalue weighted by atomic mass is 9.97. The molecule has 142 valence electrons. The number of alkyl halides is 3. The first kappa shape index (κ1) is 20.0. The second-order valence-electron chi connectivity index (χ2n) is 6.49. The number of halogens is 3. The van der Waals surface area contributed by atoms with Crippen molar-refractivity contribution >= 4 is 18.0 Å². The third-order valence-corrected chi connectivity index (χ3v) is 4.45. The molecule has 0 saturated carbocycles. The van der Waals surface area contributed by atoms with Crippen LogP contribution in [0.2, 0.25) is 0 Å². The normalized spacial score (nSPS) is 21.0. The first-order valence-electron chi connectivity index (χ1n) is 8.51. The fraction of sp³-hybridized carbons (Fsp3) is 0.474. The molecule has 26 heavy (non-hydrogen) atoms. The van der Waals surface area contributed by atoms with Crippen LogP contribution in [0.4, 0.5) is 13.2 Å². The minimum absolute atomic E-state index is 0.102. The van der Waals surface area contributed by atoms with Crippen LogP contribution in [0, 0.1) is 0 Å². The summed E-state index contributed by atoms with van der Waals surface area (Å²) in [6.45, 7) is 3.55. The quantitative estimate of drug-likeness (QED) is 0.594. The maximum absolute atomic E-state index is 12.7. The molecule has 2 atom stereocenters. The molecule has 0 N–H and O–H groups in total. The van der Waals surface area contributed by atoms with Crippen LogP contribution in [0.3, 0.4) is 0 Å². The molecule has 0 bridgehead atoms. The fourth-order valence-electron chi connectivity index (χ4n) is 3.15. The summed E-state index contributed by atoms with van der Waals surface area (Å²) in [4.78, 5) is 25.7. The molecule has 1 amide bonds. The molecule has 1 aromatic rings. The predicted octanol–water partition coefficient (Wildman–Crippen LogP) is 4.05. The minimum atomic E-state index is -4.45. The highest BCUT2D eigenvalue weighted by molar-refractivity contribution is 5.89. The SMILES string of the molecule is C[C@@H]1CCC[C@H](C)N1C(=O)COC(=O)/C=C/c1cccc(C(F)(F)F)c1. The average Bonchev–Trinajstić information content (AvgIpc) is 2.57. The summed E-state index contributed by atoms with van der Waals surface area (Å²) in [6.07, 6.45) is 0.698. The number of amides is 1. The van der Waals surface area contributed by atoms with Gasteiger partial charge in [-0.3, -0.25) is 4.79 Å². The molecule has 0 unspecified atom stereocenters. The van der Waals surface area contributed by atoms with E-state index < -0.39 is 17.7 Å². The van der Waals surface area contributed by atoms with Gasteiger partial charge in [-0.25, -0.2) is 4.79 Å². The molecule has 1 fully saturated rings. The third kappa shape index (κ3) is 5.34. The molecule has 0 spiro atoms. The Labute approximate surface area is 150 Å². The number of nitrogens with zero attached hydrogens (tertiary/aromatic N) is 1. The van der Waals surface area contributed by atoms with Crippen LogP contribution in [0.5, 0.6) is 0 Å². The topological polar surface area (TPSA) is 46.6 Å². The molecule has 2 rings (SSSR count). The highest BCUT2D eigenvalue weighted by Gasteiger charge is 2.30. The van der Waals surface area contributed by atoms with Gasteiger partial charge < -0.3 is 9.64 Å². The van der Waals surface area contributed by atoms with E-state index >= 15 is 0 Å². The zero-order valence-electron chi connectivity index (χ0n) is 14.8. The Kier molecular flexibility index (Phi) is 6.45. The Morgan fingerprint density at radius 3 is 2.50 bits per heavy atom. The lowest BCUT2D eigenvalue weighted by Crippen LogP contribution is -2.49. The molecule has 1 saturated heterocycles. The number of rotatable bonds is 4. The molecule has 1 aliphatic heterocycles. The van der Waals surface area contributed by atoms with E-state index in [1.54, 1.807) is 4.90 Å². The maximum Gasteiger partial charge on any atom is 0.416 e. The Balaban J connectivity index is 1.90. The number of hydrogen-bond acceptors (Lipinski definition) is 3. The van der Waals surface area contributed by atoms with Gasteiger partial charge in [0.05, 0.1) is 5.56 Å². The number of ether oxygens (including phenoxy) is 1. The molecule has 0 aliphatic carbocycles. The van der Waals surface area contributed by atoms with Gasteiger partial charge in [-0.05, 0) is 56.9 Å². The van der Waals surface area contributed by atoms with E-state index in [1.165, 1.54) is 18.2 Å². The summed E-state index contributed by atoms with van der Waals surface area (Å²) in [7, 11) is 0. The van der Waals surface area contributed by atoms with E-state index in [2.05, 4.69) is 0 Å². The number of carbonyl (C=O) groups is 2. The molecular formula is C19H22F3NO3. The van der Waals surface area contributed by atoms with Gasteiger partial charge in [0, 0.05) is 18.2 Å². The van der Waals surface area contributed by atoms with E-state index in [0.717, 1.165) is 37.5 Å². The molecule has 0 aromatic heterocycles. The lowest BCUT2D eigenvalue weighted by molar-refractivity contribution is -0.151. The standard InChI is InChI=1S/C19H22F3NO3/c1-13-5-3-6-14(2)23(13)17(24)12-26-18(25)10-9-15-7-4-8-16(11-15)19(20,21)22/h4,7-11,13-14H,3,5-6,12H2,1-2H3/b10-9+/t13-,14+. The van der Waals surface area contributed by atoms with E-state index in [9.17, 15) is 22.8 Å². The molecule has 7 heteroatoms. The Morgan fingerprint density at radius 2 is 1.88 bits per heavy atom. The van der Waals surface area contributed by atoms with Crippen LogP contribution in [-0.2, 0) is 20.5 Å².